The van der Waals surface area contributed by atoms with Gasteiger partial charge >= 0.3 is 0 Å². The van der Waals surface area contributed by atoms with Crippen LogP contribution in [0.25, 0.3) is 0 Å². The van der Waals surface area contributed by atoms with Crippen LogP contribution in [0.15, 0.2) is 73.1 Å². The van der Waals surface area contributed by atoms with E-state index in [1.54, 1.807) is 0 Å². The fraction of sp³-hybridized carbons (Fsp3) is 0.615. The number of hydrogen-bond acceptors (Lipinski definition) is 0. The highest BCUT2D eigenvalue weighted by atomic mass is 15.2. The molecule has 0 N–H and O–H groups in total. The van der Waals surface area contributed by atoms with Gasteiger partial charge in [0.25, 0.3) is 5.82 Å². The first-order chi connectivity index (χ1) is 20.2. The van der Waals surface area contributed by atoms with Gasteiger partial charge in [0.05, 0.1) is 12.6 Å². The first kappa shape index (κ1) is 33.2. The highest BCUT2D eigenvalue weighted by Gasteiger charge is 2.22. The Morgan fingerprint density at radius 2 is 1.15 bits per heavy atom. The smallest absolute Gasteiger partial charge is 0.234 e. The Bertz CT molecular complexity index is 1020. The summed E-state index contributed by atoms with van der Waals surface area (Å²) in [6.45, 7) is 8.10. The Labute approximate surface area is 253 Å². The molecule has 1 atom stereocenters. The van der Waals surface area contributed by atoms with Crippen molar-refractivity contribution in [1.29, 1.82) is 0 Å². The molecular weight excluding hydrogens is 496 g/mol. The van der Waals surface area contributed by atoms with Crippen molar-refractivity contribution in [2.75, 3.05) is 0 Å². The zero-order valence-corrected chi connectivity index (χ0v) is 26.9. The van der Waals surface area contributed by atoms with Gasteiger partial charge in [-0.1, -0.05) is 151 Å². The highest BCUT2D eigenvalue weighted by molar-refractivity contribution is 5.24. The first-order valence-corrected chi connectivity index (χ1v) is 17.4. The second-order valence-electron chi connectivity index (χ2n) is 12.7. The third kappa shape index (κ3) is 13.0. The summed E-state index contributed by atoms with van der Waals surface area (Å²) >= 11 is 0. The van der Waals surface area contributed by atoms with Crippen LogP contribution in [-0.2, 0) is 19.4 Å². The van der Waals surface area contributed by atoms with Crippen LogP contribution in [0.4, 0.5) is 0 Å². The van der Waals surface area contributed by atoms with Gasteiger partial charge in [-0.15, -0.1) is 0 Å². The lowest BCUT2D eigenvalue weighted by atomic mass is 9.88. The fourth-order valence-electron chi connectivity index (χ4n) is 6.39. The second kappa shape index (κ2) is 20.5. The maximum atomic E-state index is 2.56. The monoisotopic (exact) mass is 557 g/mol. The average molecular weight is 558 g/mol. The molecule has 2 heteroatoms. The van der Waals surface area contributed by atoms with E-state index in [0.29, 0.717) is 12.0 Å². The van der Waals surface area contributed by atoms with Crippen LogP contribution in [-0.4, -0.2) is 4.57 Å². The van der Waals surface area contributed by atoms with Crippen molar-refractivity contribution in [2.24, 2.45) is 0 Å². The molecule has 0 radical (unpaired) electrons. The molecule has 41 heavy (non-hydrogen) atoms. The Kier molecular flexibility index (Phi) is 16.6. The van der Waals surface area contributed by atoms with Crippen molar-refractivity contribution in [2.45, 2.75) is 155 Å². The molecule has 0 saturated carbocycles. The van der Waals surface area contributed by atoms with Crippen molar-refractivity contribution in [3.63, 3.8) is 0 Å². The lowest BCUT2D eigenvalue weighted by Crippen LogP contribution is -2.37. The van der Waals surface area contributed by atoms with E-state index in [2.05, 4.69) is 103 Å². The average Bonchev–Trinajstić information content (AvgIpc) is 3.41. The molecule has 2 nitrogen and oxygen atoms in total. The van der Waals surface area contributed by atoms with Crippen molar-refractivity contribution < 1.29 is 4.57 Å². The summed E-state index contributed by atoms with van der Waals surface area (Å²) in [5.74, 6) is 2.03. The van der Waals surface area contributed by atoms with E-state index in [1.165, 1.54) is 120 Å². The summed E-state index contributed by atoms with van der Waals surface area (Å²) < 4.78 is 5.07. The molecule has 0 amide bonds. The number of rotatable bonds is 23. The first-order valence-electron chi connectivity index (χ1n) is 17.4. The second-order valence-corrected chi connectivity index (χ2v) is 12.7. The molecule has 0 aliphatic rings. The van der Waals surface area contributed by atoms with E-state index in [1.807, 2.05) is 0 Å². The summed E-state index contributed by atoms with van der Waals surface area (Å²) in [6.07, 6.45) is 29.4. The summed E-state index contributed by atoms with van der Waals surface area (Å²) in [5, 5.41) is 0. The molecule has 1 heterocycles. The number of hydrogen-bond donors (Lipinski definition) is 0. The molecule has 2 aromatic carbocycles. The van der Waals surface area contributed by atoms with Gasteiger partial charge in [0.15, 0.2) is 0 Å². The van der Waals surface area contributed by atoms with Crippen molar-refractivity contribution in [3.05, 3.63) is 90.0 Å². The lowest BCUT2D eigenvalue weighted by Gasteiger charge is -2.18. The van der Waals surface area contributed by atoms with Gasteiger partial charge in [0, 0.05) is 6.42 Å². The molecule has 226 valence electrons. The van der Waals surface area contributed by atoms with E-state index in [0.717, 1.165) is 19.4 Å². The van der Waals surface area contributed by atoms with Crippen LogP contribution in [0.5, 0.6) is 0 Å². The van der Waals surface area contributed by atoms with E-state index in [4.69, 9.17) is 0 Å². The highest BCUT2D eigenvalue weighted by Crippen LogP contribution is 2.26. The van der Waals surface area contributed by atoms with Gasteiger partial charge in [0.2, 0.25) is 0 Å². The third-order valence-electron chi connectivity index (χ3n) is 8.91. The molecule has 1 aromatic heterocycles. The summed E-state index contributed by atoms with van der Waals surface area (Å²) in [4.78, 5) is 0. The number of aromatic nitrogens is 2. The predicted octanol–water partition coefficient (Wildman–Crippen LogP) is 11.2. The van der Waals surface area contributed by atoms with Crippen LogP contribution in [0.1, 0.15) is 152 Å². The number of imidazole rings is 1. The molecule has 0 spiro atoms. The van der Waals surface area contributed by atoms with Crippen LogP contribution in [0, 0.1) is 0 Å². The molecule has 0 unspecified atom stereocenters. The minimum absolute atomic E-state index is 0.497. The normalized spacial score (nSPS) is 12.3. The molecular formula is C39H61N2+. The van der Waals surface area contributed by atoms with E-state index in [9.17, 15) is 0 Å². The van der Waals surface area contributed by atoms with Crippen LogP contribution in [0.3, 0.4) is 0 Å². The molecule has 0 fully saturated rings. The van der Waals surface area contributed by atoms with Crippen molar-refractivity contribution in [3.8, 4) is 0 Å². The van der Waals surface area contributed by atoms with Gasteiger partial charge in [-0.05, 0) is 56.6 Å². The van der Waals surface area contributed by atoms with Gasteiger partial charge in [-0.25, -0.2) is 9.13 Å². The molecule has 0 saturated heterocycles. The number of nitrogens with zero attached hydrogens (tertiary/aromatic N) is 2. The van der Waals surface area contributed by atoms with E-state index < -0.39 is 0 Å². The zero-order chi connectivity index (χ0) is 29.0. The number of aryl methyl sites for hydroxylation is 1. The third-order valence-corrected chi connectivity index (χ3v) is 8.91. The Morgan fingerprint density at radius 3 is 1.68 bits per heavy atom. The maximum absolute atomic E-state index is 2.56. The summed E-state index contributed by atoms with van der Waals surface area (Å²) in [5.41, 5.74) is 2.90. The molecule has 3 aromatic rings. The molecule has 3 rings (SSSR count). The van der Waals surface area contributed by atoms with Crippen molar-refractivity contribution >= 4 is 0 Å². The number of unbranched alkanes of at least 4 members (excludes halogenated alkanes) is 14. The Morgan fingerprint density at radius 1 is 0.634 bits per heavy atom. The van der Waals surface area contributed by atoms with Crippen LogP contribution < -0.4 is 4.57 Å². The molecule has 0 aliphatic carbocycles. The largest absolute Gasteiger partial charge is 0.256 e. The van der Waals surface area contributed by atoms with Crippen molar-refractivity contribution in [1.82, 2.24) is 4.57 Å². The minimum Gasteiger partial charge on any atom is -0.234 e. The van der Waals surface area contributed by atoms with E-state index in [-0.39, 0.29) is 0 Å². The maximum Gasteiger partial charge on any atom is 0.256 e. The quantitative estimate of drug-likeness (QED) is 0.0810. The predicted molar refractivity (Wildman–Crippen MR) is 178 cm³/mol. The molecule has 0 aliphatic heterocycles. The van der Waals surface area contributed by atoms with E-state index >= 15 is 0 Å². The lowest BCUT2D eigenvalue weighted by molar-refractivity contribution is -0.704. The fourth-order valence-corrected chi connectivity index (χ4v) is 6.39. The zero-order valence-electron chi connectivity index (χ0n) is 26.9. The summed E-state index contributed by atoms with van der Waals surface area (Å²) in [6, 6.07) is 22.7. The number of benzene rings is 2. The minimum atomic E-state index is 0.497. The Hall–Kier alpha value is -2.35. The summed E-state index contributed by atoms with van der Waals surface area (Å²) in [7, 11) is 0. The SMILES string of the molecule is CCCCCCCCCCCCCCCCC[n+]1ccn(C(C)C)c1CC[C@@H](Cc1ccccc1)c1ccccc1. The Balaban J connectivity index is 1.38. The van der Waals surface area contributed by atoms with Crippen LogP contribution in [0.2, 0.25) is 0 Å². The topological polar surface area (TPSA) is 8.81 Å². The van der Waals surface area contributed by atoms with Gasteiger partial charge < -0.3 is 0 Å². The standard InChI is InChI=1S/C39H61N2/c1-4-5-6-7-8-9-10-11-12-13-14-15-16-17-24-31-40-32-33-41(35(2)3)39(40)30-29-38(37-27-22-19-23-28-37)34-36-25-20-18-21-26-36/h18-23,25-28,32-33,35,38H,4-17,24,29-31,34H2,1-3H3/q+1/t38-/m0/s1. The van der Waals surface area contributed by atoms with Gasteiger partial charge in [-0.3, -0.25) is 0 Å². The van der Waals surface area contributed by atoms with Crippen LogP contribution >= 0.6 is 0 Å². The van der Waals surface area contributed by atoms with Gasteiger partial charge in [0.1, 0.15) is 12.4 Å². The molecule has 0 bridgehead atoms. The van der Waals surface area contributed by atoms with Gasteiger partial charge in [-0.2, -0.15) is 0 Å².